The lowest BCUT2D eigenvalue weighted by molar-refractivity contribution is 0.229. The Bertz CT molecular complexity index is 572. The third-order valence-corrected chi connectivity index (χ3v) is 4.20. The monoisotopic (exact) mass is 286 g/mol. The van der Waals surface area contributed by atoms with Crippen molar-refractivity contribution in [1.82, 2.24) is 25.1 Å². The molecular weight excluding hydrogens is 264 g/mol. The highest BCUT2D eigenvalue weighted by Crippen LogP contribution is 2.21. The summed E-state index contributed by atoms with van der Waals surface area (Å²) in [4.78, 5) is 2.50. The summed E-state index contributed by atoms with van der Waals surface area (Å²) < 4.78 is 1.69. The van der Waals surface area contributed by atoms with Crippen LogP contribution in [-0.4, -0.2) is 50.8 Å². The quantitative estimate of drug-likeness (QED) is 0.930. The van der Waals surface area contributed by atoms with Gasteiger partial charge in [-0.3, -0.25) is 0 Å². The fourth-order valence-corrected chi connectivity index (χ4v) is 2.90. The van der Waals surface area contributed by atoms with Gasteiger partial charge in [0.2, 0.25) is 0 Å². The van der Waals surface area contributed by atoms with Crippen molar-refractivity contribution in [3.63, 3.8) is 0 Å². The smallest absolute Gasteiger partial charge is 0.143 e. The van der Waals surface area contributed by atoms with Gasteiger partial charge in [0.05, 0.1) is 5.69 Å². The highest BCUT2D eigenvalue weighted by atomic mass is 15.5. The maximum atomic E-state index is 3.94. The van der Waals surface area contributed by atoms with Gasteiger partial charge in [0.1, 0.15) is 6.33 Å². The average molecular weight is 286 g/mol. The van der Waals surface area contributed by atoms with Gasteiger partial charge in [0.25, 0.3) is 0 Å². The summed E-state index contributed by atoms with van der Waals surface area (Å²) in [5, 5.41) is 15.0. The van der Waals surface area contributed by atoms with Crippen LogP contribution in [0.5, 0.6) is 0 Å². The Morgan fingerprint density at radius 2 is 2.10 bits per heavy atom. The molecule has 0 amide bonds. The van der Waals surface area contributed by atoms with Crippen LogP contribution in [0.1, 0.15) is 25.3 Å². The molecule has 112 valence electrons. The van der Waals surface area contributed by atoms with Gasteiger partial charge in [-0.2, -0.15) is 0 Å². The number of hydrogen-bond donors (Lipinski definition) is 1. The molecule has 0 atom stereocenters. The van der Waals surface area contributed by atoms with E-state index in [2.05, 4.69) is 57.8 Å². The maximum absolute atomic E-state index is 3.94. The van der Waals surface area contributed by atoms with Gasteiger partial charge < -0.3 is 10.2 Å². The van der Waals surface area contributed by atoms with E-state index in [-0.39, 0.29) is 0 Å². The lowest BCUT2D eigenvalue weighted by Crippen LogP contribution is -2.38. The van der Waals surface area contributed by atoms with Crippen molar-refractivity contribution in [2.75, 3.05) is 25.0 Å². The van der Waals surface area contributed by atoms with Crippen molar-refractivity contribution in [2.24, 2.45) is 0 Å². The van der Waals surface area contributed by atoms with Crippen LogP contribution in [0, 0.1) is 6.92 Å². The lowest BCUT2D eigenvalue weighted by Gasteiger charge is -2.32. The fourth-order valence-electron chi connectivity index (χ4n) is 2.90. The van der Waals surface area contributed by atoms with Crippen molar-refractivity contribution in [3.05, 3.63) is 30.1 Å². The molecule has 21 heavy (non-hydrogen) atoms. The van der Waals surface area contributed by atoms with E-state index in [1.807, 2.05) is 0 Å². The number of aryl methyl sites for hydroxylation is 1. The number of aromatic nitrogens is 4. The number of benzene rings is 1. The van der Waals surface area contributed by atoms with Gasteiger partial charge in [0.15, 0.2) is 0 Å². The molecule has 1 aliphatic rings. The summed E-state index contributed by atoms with van der Waals surface area (Å²) in [5.41, 5.74) is 3.36. The molecule has 1 aromatic carbocycles. The first-order valence-corrected chi connectivity index (χ1v) is 7.59. The minimum absolute atomic E-state index is 0.575. The maximum Gasteiger partial charge on any atom is 0.143 e. The predicted molar refractivity (Wildman–Crippen MR) is 82.6 cm³/mol. The molecule has 6 heteroatoms. The van der Waals surface area contributed by atoms with Crippen LogP contribution < -0.4 is 5.32 Å². The number of hydrogen-bond acceptors (Lipinski definition) is 5. The summed E-state index contributed by atoms with van der Waals surface area (Å²) in [6.07, 6.45) is 4.04. The van der Waals surface area contributed by atoms with Crippen LogP contribution in [0.4, 0.5) is 5.69 Å². The van der Waals surface area contributed by atoms with Gasteiger partial charge in [-0.1, -0.05) is 6.92 Å². The van der Waals surface area contributed by atoms with Crippen molar-refractivity contribution < 1.29 is 0 Å². The number of nitrogens with one attached hydrogen (secondary N) is 1. The zero-order valence-corrected chi connectivity index (χ0v) is 12.7. The third kappa shape index (κ3) is 3.21. The van der Waals surface area contributed by atoms with Crippen LogP contribution in [0.15, 0.2) is 24.5 Å². The van der Waals surface area contributed by atoms with Crippen molar-refractivity contribution in [3.8, 4) is 5.69 Å². The lowest BCUT2D eigenvalue weighted by atomic mass is 10.0. The molecule has 3 rings (SSSR count). The molecule has 1 saturated heterocycles. The molecule has 2 heterocycles. The first kappa shape index (κ1) is 14.0. The summed E-state index contributed by atoms with van der Waals surface area (Å²) in [7, 11) is 0. The standard InChI is InChI=1S/C15H22N6/c1-3-20-8-6-13(7-9-20)17-14-4-5-15(12(2)10-14)21-11-16-18-19-21/h4-5,10-11,13,17H,3,6-9H2,1-2H3. The van der Waals surface area contributed by atoms with Gasteiger partial charge in [0, 0.05) is 24.8 Å². The highest BCUT2D eigenvalue weighted by molar-refractivity contribution is 5.53. The second-order valence-corrected chi connectivity index (χ2v) is 5.61. The van der Waals surface area contributed by atoms with Gasteiger partial charge in [-0.05, 0) is 60.5 Å². The van der Waals surface area contributed by atoms with E-state index in [9.17, 15) is 0 Å². The first-order valence-electron chi connectivity index (χ1n) is 7.59. The molecule has 0 saturated carbocycles. The minimum atomic E-state index is 0.575. The van der Waals surface area contributed by atoms with Gasteiger partial charge >= 0.3 is 0 Å². The van der Waals surface area contributed by atoms with E-state index in [4.69, 9.17) is 0 Å². The van der Waals surface area contributed by atoms with Crippen LogP contribution >= 0.6 is 0 Å². The molecule has 0 radical (unpaired) electrons. The second kappa shape index (κ2) is 6.22. The molecule has 0 unspecified atom stereocenters. The Labute approximate surface area is 125 Å². The molecular formula is C15H22N6. The van der Waals surface area contributed by atoms with Crippen LogP contribution in [0.3, 0.4) is 0 Å². The summed E-state index contributed by atoms with van der Waals surface area (Å²) in [6, 6.07) is 6.92. The van der Waals surface area contributed by atoms with Crippen LogP contribution in [0.25, 0.3) is 5.69 Å². The molecule has 0 spiro atoms. The fraction of sp³-hybridized carbons (Fsp3) is 0.533. The van der Waals surface area contributed by atoms with Crippen molar-refractivity contribution >= 4 is 5.69 Å². The largest absolute Gasteiger partial charge is 0.382 e. The van der Waals surface area contributed by atoms with E-state index >= 15 is 0 Å². The predicted octanol–water partition coefficient (Wildman–Crippen LogP) is 1.87. The van der Waals surface area contributed by atoms with E-state index in [0.29, 0.717) is 6.04 Å². The Hall–Kier alpha value is -1.95. The molecule has 0 aliphatic carbocycles. The summed E-state index contributed by atoms with van der Waals surface area (Å²) in [5.74, 6) is 0. The number of nitrogens with zero attached hydrogens (tertiary/aromatic N) is 5. The number of piperidine rings is 1. The highest BCUT2D eigenvalue weighted by Gasteiger charge is 2.17. The van der Waals surface area contributed by atoms with Crippen LogP contribution in [-0.2, 0) is 0 Å². The summed E-state index contributed by atoms with van der Waals surface area (Å²) in [6.45, 7) is 7.86. The van der Waals surface area contributed by atoms with Gasteiger partial charge in [-0.15, -0.1) is 5.10 Å². The molecule has 1 aromatic heterocycles. The number of anilines is 1. The first-order chi connectivity index (χ1) is 10.3. The number of likely N-dealkylation sites (tertiary alicyclic amines) is 1. The second-order valence-electron chi connectivity index (χ2n) is 5.61. The van der Waals surface area contributed by atoms with Crippen molar-refractivity contribution in [2.45, 2.75) is 32.7 Å². The van der Waals surface area contributed by atoms with Crippen molar-refractivity contribution in [1.29, 1.82) is 0 Å². The average Bonchev–Trinajstić information content (AvgIpc) is 3.02. The SMILES string of the molecule is CCN1CCC(Nc2ccc(-n3cnnn3)c(C)c2)CC1. The van der Waals surface area contributed by atoms with Gasteiger partial charge in [-0.25, -0.2) is 4.68 Å². The van der Waals surface area contributed by atoms with Crippen LogP contribution in [0.2, 0.25) is 0 Å². The molecule has 6 nitrogen and oxygen atoms in total. The molecule has 1 N–H and O–H groups in total. The topological polar surface area (TPSA) is 58.9 Å². The number of rotatable bonds is 4. The van der Waals surface area contributed by atoms with E-state index in [1.54, 1.807) is 11.0 Å². The van der Waals surface area contributed by atoms with E-state index < -0.39 is 0 Å². The molecule has 1 aliphatic heterocycles. The Morgan fingerprint density at radius 1 is 1.29 bits per heavy atom. The summed E-state index contributed by atoms with van der Waals surface area (Å²) >= 11 is 0. The zero-order chi connectivity index (χ0) is 14.7. The zero-order valence-electron chi connectivity index (χ0n) is 12.7. The molecule has 0 bridgehead atoms. The van der Waals surface area contributed by atoms with E-state index in [0.717, 1.165) is 12.2 Å². The Balaban J connectivity index is 1.66. The van der Waals surface area contributed by atoms with E-state index in [1.165, 1.54) is 37.2 Å². The molecule has 1 fully saturated rings. The number of tetrazole rings is 1. The normalized spacial score (nSPS) is 17.0. The Morgan fingerprint density at radius 3 is 2.71 bits per heavy atom. The Kier molecular flexibility index (Phi) is 4.15. The minimum Gasteiger partial charge on any atom is -0.382 e. The third-order valence-electron chi connectivity index (χ3n) is 4.20. The molecule has 2 aromatic rings.